The molecular weight excluding hydrogens is 232 g/mol. The quantitative estimate of drug-likeness (QED) is 0.867. The highest BCUT2D eigenvalue weighted by molar-refractivity contribution is 5.28. The molecule has 94 valence electrons. The molecule has 1 heterocycles. The number of rotatable bonds is 5. The zero-order valence-corrected chi connectivity index (χ0v) is 10.0. The van der Waals surface area contributed by atoms with Gasteiger partial charge in [-0.05, 0) is 17.7 Å². The van der Waals surface area contributed by atoms with Crippen LogP contribution in [0.3, 0.4) is 0 Å². The first-order chi connectivity index (χ1) is 8.81. The summed E-state index contributed by atoms with van der Waals surface area (Å²) in [5.41, 5.74) is 1.51. The smallest absolute Gasteiger partial charge is 0.232 e. The Kier molecular flexibility index (Phi) is 4.09. The van der Waals surface area contributed by atoms with Crippen molar-refractivity contribution in [2.45, 2.75) is 13.2 Å². The van der Waals surface area contributed by atoms with Gasteiger partial charge in [-0.1, -0.05) is 12.1 Å². The van der Waals surface area contributed by atoms with Crippen LogP contribution in [0.5, 0.6) is 11.6 Å². The molecule has 0 spiro atoms. The van der Waals surface area contributed by atoms with E-state index in [1.807, 2.05) is 24.3 Å². The SMILES string of the molecule is COc1cccc(COc2cnc(CO)cn2)c1. The molecule has 1 N–H and O–H groups in total. The summed E-state index contributed by atoms with van der Waals surface area (Å²) in [4.78, 5) is 8.01. The van der Waals surface area contributed by atoms with Gasteiger partial charge in [-0.2, -0.15) is 0 Å². The number of methoxy groups -OCH3 is 1. The summed E-state index contributed by atoms with van der Waals surface area (Å²) in [6.45, 7) is 0.271. The van der Waals surface area contributed by atoms with E-state index in [0.717, 1.165) is 11.3 Å². The Morgan fingerprint density at radius 1 is 1.22 bits per heavy atom. The molecule has 2 rings (SSSR count). The summed E-state index contributed by atoms with van der Waals surface area (Å²) >= 11 is 0. The van der Waals surface area contributed by atoms with Crippen LogP contribution >= 0.6 is 0 Å². The van der Waals surface area contributed by atoms with Crippen LogP contribution in [0.15, 0.2) is 36.7 Å². The fourth-order valence-electron chi connectivity index (χ4n) is 1.42. The molecule has 5 heteroatoms. The average molecular weight is 246 g/mol. The third-order valence-electron chi connectivity index (χ3n) is 2.36. The van der Waals surface area contributed by atoms with E-state index in [2.05, 4.69) is 9.97 Å². The molecular formula is C13H14N2O3. The Balaban J connectivity index is 1.97. The maximum absolute atomic E-state index is 8.84. The monoisotopic (exact) mass is 246 g/mol. The number of ether oxygens (including phenoxy) is 2. The molecule has 0 atom stereocenters. The van der Waals surface area contributed by atoms with Crippen LogP contribution in [0.2, 0.25) is 0 Å². The molecule has 0 aliphatic heterocycles. The minimum Gasteiger partial charge on any atom is -0.497 e. The maximum Gasteiger partial charge on any atom is 0.232 e. The van der Waals surface area contributed by atoms with Crippen LogP contribution in [-0.2, 0) is 13.2 Å². The molecule has 0 aliphatic carbocycles. The summed E-state index contributed by atoms with van der Waals surface area (Å²) in [5, 5.41) is 8.84. The zero-order chi connectivity index (χ0) is 12.8. The molecule has 0 saturated carbocycles. The van der Waals surface area contributed by atoms with Gasteiger partial charge in [0.1, 0.15) is 12.4 Å². The number of nitrogens with zero attached hydrogens (tertiary/aromatic N) is 2. The Bertz CT molecular complexity index is 500. The van der Waals surface area contributed by atoms with Crippen LogP contribution in [0, 0.1) is 0 Å². The summed E-state index contributed by atoms with van der Waals surface area (Å²) in [6, 6.07) is 7.62. The van der Waals surface area contributed by atoms with Crippen molar-refractivity contribution in [3.63, 3.8) is 0 Å². The number of benzene rings is 1. The van der Waals surface area contributed by atoms with E-state index in [0.29, 0.717) is 18.2 Å². The van der Waals surface area contributed by atoms with Gasteiger partial charge in [-0.3, -0.25) is 4.98 Å². The second-order valence-corrected chi connectivity index (χ2v) is 3.64. The molecule has 18 heavy (non-hydrogen) atoms. The Morgan fingerprint density at radius 2 is 2.11 bits per heavy atom. The topological polar surface area (TPSA) is 64.5 Å². The van der Waals surface area contributed by atoms with E-state index in [1.165, 1.54) is 12.4 Å². The Hall–Kier alpha value is -2.14. The molecule has 0 aliphatic rings. The van der Waals surface area contributed by atoms with Crippen molar-refractivity contribution < 1.29 is 14.6 Å². The van der Waals surface area contributed by atoms with Crippen molar-refractivity contribution in [1.29, 1.82) is 0 Å². The lowest BCUT2D eigenvalue weighted by Crippen LogP contribution is -1.99. The molecule has 0 unspecified atom stereocenters. The highest BCUT2D eigenvalue weighted by atomic mass is 16.5. The summed E-state index contributed by atoms with van der Waals surface area (Å²) in [6.07, 6.45) is 2.98. The fourth-order valence-corrected chi connectivity index (χ4v) is 1.42. The largest absolute Gasteiger partial charge is 0.497 e. The lowest BCUT2D eigenvalue weighted by Gasteiger charge is -2.06. The summed E-state index contributed by atoms with van der Waals surface area (Å²) < 4.78 is 10.6. The van der Waals surface area contributed by atoms with E-state index >= 15 is 0 Å². The third-order valence-corrected chi connectivity index (χ3v) is 2.36. The number of hydrogen-bond acceptors (Lipinski definition) is 5. The molecule has 5 nitrogen and oxygen atoms in total. The summed E-state index contributed by atoms with van der Waals surface area (Å²) in [5.74, 6) is 1.22. The maximum atomic E-state index is 8.84. The van der Waals surface area contributed by atoms with Gasteiger partial charge < -0.3 is 14.6 Å². The molecule has 0 saturated heterocycles. The van der Waals surface area contributed by atoms with Gasteiger partial charge in [0.25, 0.3) is 0 Å². The first kappa shape index (κ1) is 12.3. The highest BCUT2D eigenvalue weighted by Crippen LogP contribution is 2.14. The summed E-state index contributed by atoms with van der Waals surface area (Å²) in [7, 11) is 1.62. The third kappa shape index (κ3) is 3.18. The van der Waals surface area contributed by atoms with Gasteiger partial charge >= 0.3 is 0 Å². The molecule has 0 amide bonds. The van der Waals surface area contributed by atoms with Crippen molar-refractivity contribution in [2.24, 2.45) is 0 Å². The van der Waals surface area contributed by atoms with Gasteiger partial charge in [0.15, 0.2) is 0 Å². The number of aliphatic hydroxyl groups is 1. The van der Waals surface area contributed by atoms with Crippen molar-refractivity contribution >= 4 is 0 Å². The number of aliphatic hydroxyl groups excluding tert-OH is 1. The minimum atomic E-state index is -0.122. The van der Waals surface area contributed by atoms with Gasteiger partial charge in [0, 0.05) is 0 Å². The Morgan fingerprint density at radius 3 is 2.78 bits per heavy atom. The zero-order valence-electron chi connectivity index (χ0n) is 10.0. The van der Waals surface area contributed by atoms with E-state index in [9.17, 15) is 0 Å². The second kappa shape index (κ2) is 5.97. The van der Waals surface area contributed by atoms with Crippen LogP contribution in [0.4, 0.5) is 0 Å². The molecule has 0 bridgehead atoms. The average Bonchev–Trinajstić information content (AvgIpc) is 2.46. The molecule has 1 aromatic carbocycles. The van der Waals surface area contributed by atoms with Crippen molar-refractivity contribution in [1.82, 2.24) is 9.97 Å². The normalized spacial score (nSPS) is 10.1. The fraction of sp³-hybridized carbons (Fsp3) is 0.231. The first-order valence-corrected chi connectivity index (χ1v) is 5.49. The lowest BCUT2D eigenvalue weighted by atomic mass is 10.2. The van der Waals surface area contributed by atoms with E-state index in [4.69, 9.17) is 14.6 Å². The first-order valence-electron chi connectivity index (χ1n) is 5.49. The molecule has 2 aromatic rings. The van der Waals surface area contributed by atoms with Crippen LogP contribution < -0.4 is 9.47 Å². The second-order valence-electron chi connectivity index (χ2n) is 3.64. The predicted molar refractivity (Wildman–Crippen MR) is 65.3 cm³/mol. The number of hydrogen-bond donors (Lipinski definition) is 1. The van der Waals surface area contributed by atoms with Crippen LogP contribution in [0.1, 0.15) is 11.3 Å². The molecule has 1 aromatic heterocycles. The van der Waals surface area contributed by atoms with Gasteiger partial charge in [0.2, 0.25) is 5.88 Å². The van der Waals surface area contributed by atoms with Crippen LogP contribution in [0.25, 0.3) is 0 Å². The van der Waals surface area contributed by atoms with Crippen molar-refractivity contribution in [3.8, 4) is 11.6 Å². The number of aromatic nitrogens is 2. The minimum absolute atomic E-state index is 0.122. The molecule has 0 fully saturated rings. The van der Waals surface area contributed by atoms with Crippen molar-refractivity contribution in [2.75, 3.05) is 7.11 Å². The van der Waals surface area contributed by atoms with E-state index in [-0.39, 0.29) is 6.61 Å². The van der Waals surface area contributed by atoms with E-state index in [1.54, 1.807) is 7.11 Å². The highest BCUT2D eigenvalue weighted by Gasteiger charge is 2.00. The van der Waals surface area contributed by atoms with Gasteiger partial charge in [0.05, 0.1) is 31.8 Å². The van der Waals surface area contributed by atoms with E-state index < -0.39 is 0 Å². The molecule has 0 radical (unpaired) electrons. The van der Waals surface area contributed by atoms with Crippen LogP contribution in [-0.4, -0.2) is 22.2 Å². The standard InChI is InChI=1S/C13H14N2O3/c1-17-12-4-2-3-10(5-12)9-18-13-7-14-11(8-16)6-15-13/h2-7,16H,8-9H2,1H3. The Labute approximate surface area is 105 Å². The predicted octanol–water partition coefficient (Wildman–Crippen LogP) is 1.56. The lowest BCUT2D eigenvalue weighted by molar-refractivity contribution is 0.271. The van der Waals surface area contributed by atoms with Gasteiger partial charge in [-0.25, -0.2) is 4.98 Å². The van der Waals surface area contributed by atoms with Crippen molar-refractivity contribution in [3.05, 3.63) is 47.9 Å². The van der Waals surface area contributed by atoms with Gasteiger partial charge in [-0.15, -0.1) is 0 Å².